The lowest BCUT2D eigenvalue weighted by Crippen LogP contribution is -2.17. The van der Waals surface area contributed by atoms with E-state index in [2.05, 4.69) is 224 Å². The van der Waals surface area contributed by atoms with Gasteiger partial charge in [-0.15, -0.1) is 0 Å². The second kappa shape index (κ2) is 13.2. The van der Waals surface area contributed by atoms with Crippen molar-refractivity contribution in [3.63, 3.8) is 0 Å². The fourth-order valence-corrected chi connectivity index (χ4v) is 10.0. The second-order valence-corrected chi connectivity index (χ2v) is 16.5. The quantitative estimate of drug-likeness (QED) is 0.168. The third-order valence-corrected chi connectivity index (χ3v) is 12.8. The van der Waals surface area contributed by atoms with E-state index >= 15 is 0 Å². The monoisotopic (exact) mass is 768 g/mol. The number of furan rings is 1. The van der Waals surface area contributed by atoms with E-state index in [1.807, 2.05) is 6.07 Å². The molecule has 0 unspecified atom stereocenters. The first-order chi connectivity index (χ1) is 29.5. The molecule has 2 heterocycles. The van der Waals surface area contributed by atoms with Crippen molar-refractivity contribution in [2.45, 2.75) is 19.3 Å². The number of para-hydroxylation sites is 2. The van der Waals surface area contributed by atoms with E-state index in [1.54, 1.807) is 0 Å². The number of fused-ring (bicyclic) bond motifs is 10. The maximum atomic E-state index is 6.41. The number of hydrogen-bond acceptors (Lipinski definition) is 2. The van der Waals surface area contributed by atoms with Crippen LogP contribution in [0.2, 0.25) is 0 Å². The molecule has 3 nitrogen and oxygen atoms in total. The number of hydrogen-bond donors (Lipinski definition) is 0. The predicted octanol–water partition coefficient (Wildman–Crippen LogP) is 15.8. The van der Waals surface area contributed by atoms with Crippen molar-refractivity contribution in [1.29, 1.82) is 0 Å². The number of anilines is 3. The molecule has 3 heteroatoms. The summed E-state index contributed by atoms with van der Waals surface area (Å²) in [6, 6.07) is 74.8. The van der Waals surface area contributed by atoms with Crippen LogP contribution < -0.4 is 4.90 Å². The van der Waals surface area contributed by atoms with Crippen molar-refractivity contribution in [2.24, 2.45) is 0 Å². The van der Waals surface area contributed by atoms with Crippen LogP contribution in [-0.2, 0) is 5.41 Å². The Morgan fingerprint density at radius 1 is 0.433 bits per heavy atom. The first-order valence-corrected chi connectivity index (χ1v) is 20.8. The summed E-state index contributed by atoms with van der Waals surface area (Å²) in [5.74, 6) is 0. The Balaban J connectivity index is 1.02. The fourth-order valence-electron chi connectivity index (χ4n) is 10.0. The van der Waals surface area contributed by atoms with E-state index in [1.165, 1.54) is 60.8 Å². The molecule has 0 saturated carbocycles. The molecule has 284 valence electrons. The van der Waals surface area contributed by atoms with Crippen LogP contribution in [-0.4, -0.2) is 4.57 Å². The van der Waals surface area contributed by atoms with E-state index in [0.29, 0.717) is 0 Å². The van der Waals surface area contributed by atoms with Crippen molar-refractivity contribution in [2.75, 3.05) is 4.90 Å². The topological polar surface area (TPSA) is 21.3 Å². The zero-order valence-electron chi connectivity index (χ0n) is 33.4. The lowest BCUT2D eigenvalue weighted by atomic mass is 9.78. The van der Waals surface area contributed by atoms with Gasteiger partial charge in [0, 0.05) is 44.3 Å². The molecule has 9 aromatic carbocycles. The van der Waals surface area contributed by atoms with Crippen LogP contribution in [0.3, 0.4) is 0 Å². The molecule has 60 heavy (non-hydrogen) atoms. The number of rotatable bonds is 6. The summed E-state index contributed by atoms with van der Waals surface area (Å²) in [4.78, 5) is 2.41. The van der Waals surface area contributed by atoms with Crippen molar-refractivity contribution >= 4 is 60.8 Å². The fraction of sp³-hybridized carbons (Fsp3) is 0.0526. The van der Waals surface area contributed by atoms with Crippen LogP contribution in [0.4, 0.5) is 17.1 Å². The molecule has 0 amide bonds. The standard InChI is InChI=1S/C57H40N2O/c1-57(2)50-36-43(32-33-45(50)47-21-13-20-44(55(47)57)39-16-7-4-8-17-39)58(40-26-24-38(25-27-40)37-14-5-3-6-15-37)41-28-30-42(31-29-41)59-51-22-11-9-18-46(51)48-34-35-53-54(56(48)59)49-19-10-12-23-52(49)60-53/h3-36H,1-2H3. The van der Waals surface area contributed by atoms with E-state index in [4.69, 9.17) is 4.42 Å². The summed E-state index contributed by atoms with van der Waals surface area (Å²) in [5, 5.41) is 4.70. The average molecular weight is 769 g/mol. The zero-order valence-corrected chi connectivity index (χ0v) is 33.4. The van der Waals surface area contributed by atoms with Gasteiger partial charge in [0.15, 0.2) is 0 Å². The van der Waals surface area contributed by atoms with E-state index < -0.39 is 0 Å². The molecule has 12 rings (SSSR count). The highest BCUT2D eigenvalue weighted by atomic mass is 16.3. The first-order valence-electron chi connectivity index (χ1n) is 20.8. The highest BCUT2D eigenvalue weighted by Gasteiger charge is 2.38. The van der Waals surface area contributed by atoms with E-state index in [-0.39, 0.29) is 5.41 Å². The van der Waals surface area contributed by atoms with E-state index in [0.717, 1.165) is 50.2 Å². The van der Waals surface area contributed by atoms with Crippen LogP contribution in [0.5, 0.6) is 0 Å². The molecule has 0 radical (unpaired) electrons. The molecule has 0 saturated heterocycles. The molecule has 0 bridgehead atoms. The van der Waals surface area contributed by atoms with Gasteiger partial charge in [0.2, 0.25) is 0 Å². The van der Waals surface area contributed by atoms with Crippen LogP contribution >= 0.6 is 0 Å². The molecule has 1 aliphatic carbocycles. The summed E-state index contributed by atoms with van der Waals surface area (Å²) >= 11 is 0. The lowest BCUT2D eigenvalue weighted by molar-refractivity contribution is 0.662. The van der Waals surface area contributed by atoms with Crippen molar-refractivity contribution in [3.05, 3.63) is 217 Å². The Morgan fingerprint density at radius 2 is 1.05 bits per heavy atom. The van der Waals surface area contributed by atoms with Gasteiger partial charge in [-0.2, -0.15) is 0 Å². The minimum Gasteiger partial charge on any atom is -0.456 e. The third-order valence-electron chi connectivity index (χ3n) is 12.8. The van der Waals surface area contributed by atoms with E-state index in [9.17, 15) is 0 Å². The molecule has 0 spiro atoms. The molecule has 0 N–H and O–H groups in total. The number of aromatic nitrogens is 1. The summed E-state index contributed by atoms with van der Waals surface area (Å²) in [6.45, 7) is 4.77. The Bertz CT molecular complexity index is 3430. The number of nitrogens with zero attached hydrogens (tertiary/aromatic N) is 2. The normalized spacial score (nSPS) is 13.0. The van der Waals surface area contributed by atoms with Gasteiger partial charge >= 0.3 is 0 Å². The van der Waals surface area contributed by atoms with Gasteiger partial charge in [-0.1, -0.05) is 147 Å². The summed E-state index contributed by atoms with van der Waals surface area (Å²) in [7, 11) is 0. The SMILES string of the molecule is CC1(C)c2cc(N(c3ccc(-c4ccccc4)cc3)c3ccc(-n4c5ccccc5c5ccc6oc7ccccc7c6c54)cc3)ccc2-c2cccc(-c3ccccc3)c21. The smallest absolute Gasteiger partial charge is 0.137 e. The Kier molecular flexibility index (Phi) is 7.58. The van der Waals surface area contributed by atoms with Crippen molar-refractivity contribution in [3.8, 4) is 39.1 Å². The van der Waals surface area contributed by atoms with Gasteiger partial charge in [0.25, 0.3) is 0 Å². The molecule has 11 aromatic rings. The minimum absolute atomic E-state index is 0.209. The second-order valence-electron chi connectivity index (χ2n) is 16.5. The predicted molar refractivity (Wildman–Crippen MR) is 251 cm³/mol. The van der Waals surface area contributed by atoms with Gasteiger partial charge < -0.3 is 13.9 Å². The summed E-state index contributed by atoms with van der Waals surface area (Å²) in [5.41, 5.74) is 18.6. The highest BCUT2D eigenvalue weighted by Crippen LogP contribution is 2.54. The zero-order chi connectivity index (χ0) is 40.0. The number of benzene rings is 9. The first kappa shape index (κ1) is 34.4. The third kappa shape index (κ3) is 5.15. The van der Waals surface area contributed by atoms with Gasteiger partial charge in [0.05, 0.1) is 16.4 Å². The minimum atomic E-state index is -0.209. The molecule has 0 aliphatic heterocycles. The summed E-state index contributed by atoms with van der Waals surface area (Å²) in [6.07, 6.45) is 0. The van der Waals surface area contributed by atoms with Crippen LogP contribution in [0.15, 0.2) is 211 Å². The van der Waals surface area contributed by atoms with Crippen molar-refractivity contribution in [1.82, 2.24) is 4.57 Å². The largest absolute Gasteiger partial charge is 0.456 e. The molecule has 0 atom stereocenters. The maximum Gasteiger partial charge on any atom is 0.137 e. The molecule has 1 aliphatic rings. The molecule has 0 fully saturated rings. The average Bonchev–Trinajstić information content (AvgIpc) is 3.93. The Hall–Kier alpha value is -7.62. The maximum absolute atomic E-state index is 6.41. The van der Waals surface area contributed by atoms with Gasteiger partial charge in [0.1, 0.15) is 11.2 Å². The molecular weight excluding hydrogens is 729 g/mol. The van der Waals surface area contributed by atoms with Gasteiger partial charge in [-0.25, -0.2) is 0 Å². The lowest BCUT2D eigenvalue weighted by Gasteiger charge is -2.29. The molecule has 2 aromatic heterocycles. The highest BCUT2D eigenvalue weighted by molar-refractivity contribution is 6.24. The van der Waals surface area contributed by atoms with Crippen LogP contribution in [0.25, 0.3) is 82.8 Å². The van der Waals surface area contributed by atoms with Crippen molar-refractivity contribution < 1.29 is 4.42 Å². The molecular formula is C57H40N2O. The van der Waals surface area contributed by atoms with Gasteiger partial charge in [-0.05, 0) is 117 Å². The van der Waals surface area contributed by atoms with Crippen LogP contribution in [0.1, 0.15) is 25.0 Å². The Morgan fingerprint density at radius 3 is 1.82 bits per heavy atom. The Labute approximate surface area is 349 Å². The summed E-state index contributed by atoms with van der Waals surface area (Å²) < 4.78 is 8.82. The van der Waals surface area contributed by atoms with Gasteiger partial charge in [-0.3, -0.25) is 0 Å². The van der Waals surface area contributed by atoms with Crippen LogP contribution in [0, 0.1) is 0 Å².